The van der Waals surface area contributed by atoms with E-state index in [1.165, 1.54) is 0 Å². The maximum absolute atomic E-state index is 12.8. The molecule has 2 amide bonds. The Kier molecular flexibility index (Phi) is 4.66. The minimum atomic E-state index is -0.419. The van der Waals surface area contributed by atoms with Crippen LogP contribution >= 0.6 is 0 Å². The molecule has 23 heavy (non-hydrogen) atoms. The van der Waals surface area contributed by atoms with E-state index in [2.05, 4.69) is 15.7 Å². The van der Waals surface area contributed by atoms with Gasteiger partial charge >= 0.3 is 0 Å². The van der Waals surface area contributed by atoms with Crippen LogP contribution in [-0.4, -0.2) is 58.7 Å². The summed E-state index contributed by atoms with van der Waals surface area (Å²) in [6, 6.07) is 1.65. The van der Waals surface area contributed by atoms with Crippen molar-refractivity contribution in [3.05, 3.63) is 18.0 Å². The highest BCUT2D eigenvalue weighted by atomic mass is 16.2. The van der Waals surface area contributed by atoms with Gasteiger partial charge in [-0.1, -0.05) is 13.8 Å². The summed E-state index contributed by atoms with van der Waals surface area (Å²) in [6.45, 7) is 6.88. The van der Waals surface area contributed by atoms with Gasteiger partial charge in [-0.05, 0) is 31.4 Å². The van der Waals surface area contributed by atoms with Gasteiger partial charge in [0, 0.05) is 25.8 Å². The molecule has 7 nitrogen and oxygen atoms in total. The number of hydrogen-bond acceptors (Lipinski definition) is 4. The first kappa shape index (κ1) is 16.0. The first-order valence-electron chi connectivity index (χ1n) is 8.42. The van der Waals surface area contributed by atoms with E-state index >= 15 is 0 Å². The molecule has 0 aliphatic carbocycles. The maximum Gasteiger partial charge on any atom is 0.275 e. The van der Waals surface area contributed by atoms with E-state index in [0.29, 0.717) is 24.8 Å². The average molecular weight is 319 g/mol. The fourth-order valence-electron chi connectivity index (χ4n) is 3.44. The summed E-state index contributed by atoms with van der Waals surface area (Å²) in [5.74, 6) is -0.152. The van der Waals surface area contributed by atoms with Crippen LogP contribution in [-0.2, 0) is 4.79 Å². The van der Waals surface area contributed by atoms with Gasteiger partial charge in [-0.25, -0.2) is 0 Å². The number of carbonyl (C=O) groups excluding carboxylic acids is 2. The van der Waals surface area contributed by atoms with Crippen molar-refractivity contribution < 1.29 is 9.59 Å². The normalized spacial score (nSPS) is 25.5. The molecule has 2 aliphatic rings. The Morgan fingerprint density at radius 2 is 2.22 bits per heavy atom. The first-order chi connectivity index (χ1) is 11.1. The van der Waals surface area contributed by atoms with Crippen molar-refractivity contribution in [2.24, 2.45) is 5.92 Å². The van der Waals surface area contributed by atoms with Crippen LogP contribution in [0.15, 0.2) is 12.3 Å². The van der Waals surface area contributed by atoms with Crippen molar-refractivity contribution in [1.82, 2.24) is 25.3 Å². The number of hydrogen-bond donors (Lipinski definition) is 2. The third-order valence-electron chi connectivity index (χ3n) is 4.62. The van der Waals surface area contributed by atoms with Gasteiger partial charge in [0.25, 0.3) is 5.91 Å². The molecule has 3 heterocycles. The van der Waals surface area contributed by atoms with Gasteiger partial charge in [-0.15, -0.1) is 0 Å². The fraction of sp³-hybridized carbons (Fsp3) is 0.688. The molecule has 2 N–H and O–H groups in total. The second-order valence-electron chi connectivity index (χ2n) is 6.66. The van der Waals surface area contributed by atoms with Gasteiger partial charge < -0.3 is 15.5 Å². The van der Waals surface area contributed by atoms with Crippen molar-refractivity contribution in [2.75, 3.05) is 26.2 Å². The average Bonchev–Trinajstić information content (AvgIpc) is 3.04. The van der Waals surface area contributed by atoms with Crippen LogP contribution in [0, 0.1) is 5.92 Å². The van der Waals surface area contributed by atoms with Crippen LogP contribution in [0.25, 0.3) is 0 Å². The lowest BCUT2D eigenvalue weighted by Crippen LogP contribution is -2.59. The van der Waals surface area contributed by atoms with E-state index in [4.69, 9.17) is 0 Å². The molecule has 0 spiro atoms. The number of piperazine rings is 1. The molecule has 0 aromatic carbocycles. The Bertz CT molecular complexity index is 577. The Labute approximate surface area is 136 Å². The number of amides is 2. The summed E-state index contributed by atoms with van der Waals surface area (Å²) < 4.78 is 1.88. The molecule has 1 aromatic heterocycles. The molecule has 126 valence electrons. The zero-order chi connectivity index (χ0) is 16.4. The van der Waals surface area contributed by atoms with E-state index in [0.717, 1.165) is 25.9 Å². The summed E-state index contributed by atoms with van der Waals surface area (Å²) in [7, 11) is 0. The van der Waals surface area contributed by atoms with Crippen molar-refractivity contribution in [3.8, 4) is 0 Å². The topological polar surface area (TPSA) is 79.3 Å². The quantitative estimate of drug-likeness (QED) is 0.845. The highest BCUT2D eigenvalue weighted by Gasteiger charge is 2.36. The summed E-state index contributed by atoms with van der Waals surface area (Å²) in [6.07, 6.45) is 4.07. The Morgan fingerprint density at radius 1 is 1.39 bits per heavy atom. The van der Waals surface area contributed by atoms with Crippen molar-refractivity contribution in [2.45, 2.75) is 38.8 Å². The second-order valence-corrected chi connectivity index (χ2v) is 6.66. The number of aromatic nitrogens is 2. The lowest BCUT2D eigenvalue weighted by molar-refractivity contribution is -0.129. The van der Waals surface area contributed by atoms with Gasteiger partial charge in [-0.2, -0.15) is 5.10 Å². The summed E-state index contributed by atoms with van der Waals surface area (Å²) in [4.78, 5) is 26.6. The second kappa shape index (κ2) is 6.70. The Hall–Kier alpha value is -1.89. The highest BCUT2D eigenvalue weighted by molar-refractivity contribution is 5.96. The molecule has 2 fully saturated rings. The first-order valence-corrected chi connectivity index (χ1v) is 8.42. The smallest absolute Gasteiger partial charge is 0.275 e. The minimum Gasteiger partial charge on any atom is -0.353 e. The van der Waals surface area contributed by atoms with Crippen molar-refractivity contribution >= 4 is 11.8 Å². The summed E-state index contributed by atoms with van der Waals surface area (Å²) in [5.41, 5.74) is 0.427. The predicted octanol–water partition coefficient (Wildman–Crippen LogP) is 0.404. The molecular weight excluding hydrogens is 294 g/mol. The van der Waals surface area contributed by atoms with Gasteiger partial charge in [0.1, 0.15) is 11.7 Å². The van der Waals surface area contributed by atoms with Gasteiger partial charge in [0.05, 0.1) is 6.04 Å². The number of piperidine rings is 1. The molecule has 0 saturated carbocycles. The number of carbonyl (C=O) groups is 2. The SMILES string of the molecule is CC(C)C1C(=O)NCCN1C(=O)c1ccn(C2CCCNC2)n1. The maximum atomic E-state index is 12.8. The van der Waals surface area contributed by atoms with Crippen LogP contribution in [0.3, 0.4) is 0 Å². The van der Waals surface area contributed by atoms with Gasteiger partial charge in [0.15, 0.2) is 0 Å². The van der Waals surface area contributed by atoms with E-state index in [-0.39, 0.29) is 17.7 Å². The molecule has 7 heteroatoms. The fourth-order valence-corrected chi connectivity index (χ4v) is 3.44. The lowest BCUT2D eigenvalue weighted by Gasteiger charge is -2.36. The van der Waals surface area contributed by atoms with Crippen LogP contribution in [0.2, 0.25) is 0 Å². The Morgan fingerprint density at radius 3 is 2.91 bits per heavy atom. The zero-order valence-corrected chi connectivity index (χ0v) is 13.8. The predicted molar refractivity (Wildman–Crippen MR) is 86.0 cm³/mol. The third kappa shape index (κ3) is 3.24. The number of rotatable bonds is 3. The molecule has 0 bridgehead atoms. The summed E-state index contributed by atoms with van der Waals surface area (Å²) >= 11 is 0. The molecule has 1 aromatic rings. The van der Waals surface area contributed by atoms with Gasteiger partial charge in [0.2, 0.25) is 5.91 Å². The zero-order valence-electron chi connectivity index (χ0n) is 13.8. The van der Waals surface area contributed by atoms with Gasteiger partial charge in [-0.3, -0.25) is 14.3 Å². The molecular formula is C16H25N5O2. The van der Waals surface area contributed by atoms with E-state index in [9.17, 15) is 9.59 Å². The van der Waals surface area contributed by atoms with Crippen molar-refractivity contribution in [1.29, 1.82) is 0 Å². The Balaban J connectivity index is 1.76. The molecule has 3 rings (SSSR count). The number of nitrogens with zero attached hydrogens (tertiary/aromatic N) is 3. The standard InChI is InChI=1S/C16H25N5O2/c1-11(2)14-15(22)18-7-9-20(14)16(23)13-5-8-21(19-13)12-4-3-6-17-10-12/h5,8,11-12,14,17H,3-4,6-7,9-10H2,1-2H3,(H,18,22). The van der Waals surface area contributed by atoms with E-state index in [1.54, 1.807) is 11.0 Å². The van der Waals surface area contributed by atoms with Crippen LogP contribution < -0.4 is 10.6 Å². The monoisotopic (exact) mass is 319 g/mol. The van der Waals surface area contributed by atoms with Crippen LogP contribution in [0.1, 0.15) is 43.2 Å². The minimum absolute atomic E-state index is 0.0730. The van der Waals surface area contributed by atoms with Crippen LogP contribution in [0.5, 0.6) is 0 Å². The summed E-state index contributed by atoms with van der Waals surface area (Å²) in [5, 5.41) is 10.7. The van der Waals surface area contributed by atoms with E-state index < -0.39 is 6.04 Å². The molecule has 2 unspecified atom stereocenters. The largest absolute Gasteiger partial charge is 0.353 e. The van der Waals surface area contributed by atoms with Crippen molar-refractivity contribution in [3.63, 3.8) is 0 Å². The third-order valence-corrected chi connectivity index (χ3v) is 4.62. The highest BCUT2D eigenvalue weighted by Crippen LogP contribution is 2.19. The molecule has 2 saturated heterocycles. The molecule has 2 aliphatic heterocycles. The number of nitrogens with one attached hydrogen (secondary N) is 2. The molecule has 2 atom stereocenters. The lowest BCUT2D eigenvalue weighted by atomic mass is 9.99. The molecule has 0 radical (unpaired) electrons. The van der Waals surface area contributed by atoms with Crippen LogP contribution in [0.4, 0.5) is 0 Å². The van der Waals surface area contributed by atoms with E-state index in [1.807, 2.05) is 24.7 Å².